The van der Waals surface area contributed by atoms with Gasteiger partial charge >= 0.3 is 0 Å². The summed E-state index contributed by atoms with van der Waals surface area (Å²) < 4.78 is 25.4. The van der Waals surface area contributed by atoms with Crippen LogP contribution in [0.3, 0.4) is 0 Å². The fourth-order valence-electron chi connectivity index (χ4n) is 3.13. The zero-order valence-electron chi connectivity index (χ0n) is 15.4. The van der Waals surface area contributed by atoms with Crippen LogP contribution in [0.15, 0.2) is 67.0 Å². The highest BCUT2D eigenvalue weighted by atomic mass is 32.2. The van der Waals surface area contributed by atoms with E-state index in [4.69, 9.17) is 0 Å². The molecule has 0 fully saturated rings. The summed E-state index contributed by atoms with van der Waals surface area (Å²) in [5.74, 6) is -0.219. The molecule has 2 heterocycles. The maximum atomic E-state index is 12.9. The van der Waals surface area contributed by atoms with Gasteiger partial charge in [-0.15, -0.1) is 0 Å². The molecule has 146 valence electrons. The molecular formula is C21H17N3O4S. The van der Waals surface area contributed by atoms with Crippen LogP contribution >= 0.6 is 0 Å². The van der Waals surface area contributed by atoms with Gasteiger partial charge in [-0.05, 0) is 35.9 Å². The molecule has 3 N–H and O–H groups in total. The second-order valence-electron chi connectivity index (χ2n) is 6.66. The number of H-pyrrole nitrogens is 1. The van der Waals surface area contributed by atoms with Gasteiger partial charge in [0.15, 0.2) is 5.78 Å². The van der Waals surface area contributed by atoms with Crippen molar-refractivity contribution in [1.82, 2.24) is 9.97 Å². The number of carbonyl (C=O) groups excluding carboxylic acids is 1. The molecular weight excluding hydrogens is 390 g/mol. The van der Waals surface area contributed by atoms with Gasteiger partial charge in [0, 0.05) is 40.2 Å². The molecule has 7 nitrogen and oxygen atoms in total. The Hall–Kier alpha value is -3.65. The minimum atomic E-state index is -3.39. The zero-order chi connectivity index (χ0) is 20.6. The van der Waals surface area contributed by atoms with Crippen LogP contribution in [0.4, 0.5) is 5.69 Å². The number of fused-ring (bicyclic) bond motifs is 1. The molecule has 0 unspecified atom stereocenters. The van der Waals surface area contributed by atoms with Crippen molar-refractivity contribution in [1.29, 1.82) is 0 Å². The number of hydrogen-bond donors (Lipinski definition) is 3. The standard InChI is InChI=1S/C21H17N3O4S/c1-29(27,28)24-16-6-2-4-13(8-16)15-10-18-19(12-23-21(18)22-11-15)20(26)14-5-3-7-17(25)9-14/h2-12,24-25H,1H3,(H,22,23). The topological polar surface area (TPSA) is 112 Å². The smallest absolute Gasteiger partial charge is 0.229 e. The van der Waals surface area contributed by atoms with Crippen LogP contribution in [-0.4, -0.2) is 35.5 Å². The van der Waals surface area contributed by atoms with E-state index in [-0.39, 0.29) is 11.5 Å². The highest BCUT2D eigenvalue weighted by molar-refractivity contribution is 7.92. The lowest BCUT2D eigenvalue weighted by Crippen LogP contribution is -2.09. The summed E-state index contributed by atoms with van der Waals surface area (Å²) in [6.45, 7) is 0. The Bertz CT molecular complexity index is 1340. The van der Waals surface area contributed by atoms with Gasteiger partial charge in [0.2, 0.25) is 10.0 Å². The number of pyridine rings is 1. The van der Waals surface area contributed by atoms with Crippen molar-refractivity contribution in [3.05, 3.63) is 78.1 Å². The van der Waals surface area contributed by atoms with Crippen molar-refractivity contribution in [3.63, 3.8) is 0 Å². The summed E-state index contributed by atoms with van der Waals surface area (Å²) in [5.41, 5.74) is 3.29. The molecule has 0 aliphatic carbocycles. The summed E-state index contributed by atoms with van der Waals surface area (Å²) in [6, 6.07) is 14.9. The normalized spacial score (nSPS) is 11.5. The lowest BCUT2D eigenvalue weighted by molar-refractivity contribution is 0.104. The molecule has 0 spiro atoms. The Morgan fingerprint density at radius 3 is 2.62 bits per heavy atom. The average molecular weight is 407 g/mol. The minimum Gasteiger partial charge on any atom is -0.508 e. The Morgan fingerprint density at radius 1 is 1.07 bits per heavy atom. The first-order chi connectivity index (χ1) is 13.8. The molecule has 0 saturated heterocycles. The van der Waals surface area contributed by atoms with Gasteiger partial charge in [0.25, 0.3) is 0 Å². The number of hydrogen-bond acceptors (Lipinski definition) is 5. The molecule has 0 saturated carbocycles. The summed E-state index contributed by atoms with van der Waals surface area (Å²) >= 11 is 0. The van der Waals surface area contributed by atoms with E-state index in [9.17, 15) is 18.3 Å². The number of aromatic hydroxyl groups is 1. The SMILES string of the molecule is CS(=O)(=O)Nc1cccc(-c2cnc3[nH]cc(C(=O)c4cccc(O)c4)c3c2)c1. The lowest BCUT2D eigenvalue weighted by atomic mass is 10.0. The van der Waals surface area contributed by atoms with E-state index in [0.717, 1.165) is 17.4 Å². The Labute approximate surface area is 167 Å². The number of aromatic nitrogens is 2. The number of ketones is 1. The third kappa shape index (κ3) is 3.97. The maximum absolute atomic E-state index is 12.9. The largest absolute Gasteiger partial charge is 0.508 e. The molecule has 0 bridgehead atoms. The van der Waals surface area contributed by atoms with Crippen molar-refractivity contribution in [3.8, 4) is 16.9 Å². The predicted octanol–water partition coefficient (Wildman–Crippen LogP) is 3.54. The van der Waals surface area contributed by atoms with Crippen molar-refractivity contribution >= 4 is 32.5 Å². The highest BCUT2D eigenvalue weighted by Crippen LogP contribution is 2.28. The number of aromatic amines is 1. The summed E-state index contributed by atoms with van der Waals surface area (Å²) in [5, 5.41) is 10.3. The van der Waals surface area contributed by atoms with E-state index in [1.165, 1.54) is 12.1 Å². The molecule has 29 heavy (non-hydrogen) atoms. The second-order valence-corrected chi connectivity index (χ2v) is 8.41. The van der Waals surface area contributed by atoms with E-state index in [2.05, 4.69) is 14.7 Å². The first-order valence-electron chi connectivity index (χ1n) is 8.69. The Kier molecular flexibility index (Phi) is 4.56. The molecule has 0 aliphatic heterocycles. The van der Waals surface area contributed by atoms with Crippen LogP contribution in [0, 0.1) is 0 Å². The van der Waals surface area contributed by atoms with Crippen molar-refractivity contribution in [2.45, 2.75) is 0 Å². The van der Waals surface area contributed by atoms with Crippen LogP contribution < -0.4 is 4.72 Å². The first-order valence-corrected chi connectivity index (χ1v) is 10.6. The van der Waals surface area contributed by atoms with Gasteiger partial charge in [-0.3, -0.25) is 9.52 Å². The monoisotopic (exact) mass is 407 g/mol. The lowest BCUT2D eigenvalue weighted by Gasteiger charge is -2.07. The second kappa shape index (κ2) is 7.06. The Balaban J connectivity index is 1.76. The third-order valence-electron chi connectivity index (χ3n) is 4.38. The van der Waals surface area contributed by atoms with E-state index >= 15 is 0 Å². The van der Waals surface area contributed by atoms with Crippen molar-refractivity contribution in [2.24, 2.45) is 0 Å². The van der Waals surface area contributed by atoms with Crippen LogP contribution in [-0.2, 0) is 10.0 Å². The van der Waals surface area contributed by atoms with Gasteiger partial charge in [-0.25, -0.2) is 13.4 Å². The number of nitrogens with one attached hydrogen (secondary N) is 2. The molecule has 0 amide bonds. The van der Waals surface area contributed by atoms with E-state index in [0.29, 0.717) is 27.8 Å². The fourth-order valence-corrected chi connectivity index (χ4v) is 3.68. The molecule has 8 heteroatoms. The van der Waals surface area contributed by atoms with Gasteiger partial charge in [0.05, 0.1) is 6.26 Å². The van der Waals surface area contributed by atoms with Gasteiger partial charge in [-0.2, -0.15) is 0 Å². The quantitative estimate of drug-likeness (QED) is 0.438. The number of benzene rings is 2. The zero-order valence-corrected chi connectivity index (χ0v) is 16.2. The molecule has 0 radical (unpaired) electrons. The van der Waals surface area contributed by atoms with E-state index in [1.807, 2.05) is 12.1 Å². The predicted molar refractivity (Wildman–Crippen MR) is 112 cm³/mol. The van der Waals surface area contributed by atoms with Gasteiger partial charge in [-0.1, -0.05) is 24.3 Å². The maximum Gasteiger partial charge on any atom is 0.229 e. The van der Waals surface area contributed by atoms with Gasteiger partial charge < -0.3 is 10.1 Å². The van der Waals surface area contributed by atoms with Crippen molar-refractivity contribution < 1.29 is 18.3 Å². The average Bonchev–Trinajstić information content (AvgIpc) is 3.09. The van der Waals surface area contributed by atoms with Crippen molar-refractivity contribution in [2.75, 3.05) is 11.0 Å². The summed E-state index contributed by atoms with van der Waals surface area (Å²) in [7, 11) is -3.39. The third-order valence-corrected chi connectivity index (χ3v) is 4.99. The molecule has 4 aromatic rings. The fraction of sp³-hybridized carbons (Fsp3) is 0.0476. The molecule has 2 aromatic heterocycles. The number of phenolic OH excluding ortho intramolecular Hbond substituents is 1. The highest BCUT2D eigenvalue weighted by Gasteiger charge is 2.16. The van der Waals surface area contributed by atoms with Crippen LogP contribution in [0.1, 0.15) is 15.9 Å². The van der Waals surface area contributed by atoms with E-state index in [1.54, 1.807) is 42.7 Å². The first kappa shape index (κ1) is 18.7. The van der Waals surface area contributed by atoms with E-state index < -0.39 is 10.0 Å². The molecule has 0 atom stereocenters. The number of rotatable bonds is 5. The van der Waals surface area contributed by atoms with Crippen LogP contribution in [0.5, 0.6) is 5.75 Å². The van der Waals surface area contributed by atoms with Gasteiger partial charge in [0.1, 0.15) is 11.4 Å². The Morgan fingerprint density at radius 2 is 1.86 bits per heavy atom. The molecule has 0 aliphatic rings. The van der Waals surface area contributed by atoms with Crippen LogP contribution in [0.25, 0.3) is 22.2 Å². The molecule has 4 rings (SSSR count). The number of nitrogens with zero attached hydrogens (tertiary/aromatic N) is 1. The minimum absolute atomic E-state index is 0.0182. The molecule has 2 aromatic carbocycles. The number of phenols is 1. The number of sulfonamides is 1. The van der Waals surface area contributed by atoms with Crippen LogP contribution in [0.2, 0.25) is 0 Å². The number of anilines is 1. The number of carbonyl (C=O) groups is 1. The summed E-state index contributed by atoms with van der Waals surface area (Å²) in [6.07, 6.45) is 4.34. The summed E-state index contributed by atoms with van der Waals surface area (Å²) in [4.78, 5) is 20.3.